The molecule has 1 amide bonds. The van der Waals surface area contributed by atoms with E-state index in [1.54, 1.807) is 88.0 Å². The van der Waals surface area contributed by atoms with Crippen LogP contribution in [0.1, 0.15) is 27.6 Å². The van der Waals surface area contributed by atoms with Crippen LogP contribution >= 0.6 is 0 Å². The summed E-state index contributed by atoms with van der Waals surface area (Å²) in [6, 6.07) is 18.9. The van der Waals surface area contributed by atoms with Crippen molar-refractivity contribution in [3.05, 3.63) is 84.1 Å². The van der Waals surface area contributed by atoms with Crippen LogP contribution in [0.15, 0.2) is 77.3 Å². The second-order valence-corrected chi connectivity index (χ2v) is 7.39. The van der Waals surface area contributed by atoms with Crippen LogP contribution in [0.3, 0.4) is 0 Å². The highest BCUT2D eigenvalue weighted by atomic mass is 16.5. The van der Waals surface area contributed by atoms with Gasteiger partial charge in [0.1, 0.15) is 11.5 Å². The van der Waals surface area contributed by atoms with Crippen molar-refractivity contribution in [2.24, 2.45) is 0 Å². The molecule has 1 aromatic heterocycles. The summed E-state index contributed by atoms with van der Waals surface area (Å²) in [7, 11) is 3.15. The summed E-state index contributed by atoms with van der Waals surface area (Å²) < 4.78 is 21.7. The van der Waals surface area contributed by atoms with Gasteiger partial charge in [-0.3, -0.25) is 4.79 Å². The lowest BCUT2D eigenvalue weighted by molar-refractivity contribution is 0.0526. The van der Waals surface area contributed by atoms with Crippen LogP contribution in [0.25, 0.3) is 22.8 Å². The van der Waals surface area contributed by atoms with E-state index in [0.717, 1.165) is 0 Å². The molecular weight excluding hydrogens is 448 g/mol. The van der Waals surface area contributed by atoms with Gasteiger partial charge in [-0.2, -0.15) is 0 Å². The molecule has 8 heteroatoms. The molecule has 0 radical (unpaired) electrons. The van der Waals surface area contributed by atoms with Crippen molar-refractivity contribution < 1.29 is 28.2 Å². The van der Waals surface area contributed by atoms with E-state index in [1.807, 2.05) is 6.07 Å². The number of ether oxygens (including phenoxy) is 3. The summed E-state index contributed by atoms with van der Waals surface area (Å²) in [6.07, 6.45) is 1.59. The maximum Gasteiger partial charge on any atom is 0.338 e. The van der Waals surface area contributed by atoms with E-state index in [9.17, 15) is 9.59 Å². The number of anilines is 1. The third-order valence-corrected chi connectivity index (χ3v) is 5.24. The number of aromatic nitrogens is 1. The smallest absolute Gasteiger partial charge is 0.338 e. The highest BCUT2D eigenvalue weighted by Crippen LogP contribution is 2.35. The van der Waals surface area contributed by atoms with E-state index in [-0.39, 0.29) is 5.91 Å². The summed E-state index contributed by atoms with van der Waals surface area (Å²) in [4.78, 5) is 29.3. The third-order valence-electron chi connectivity index (χ3n) is 5.24. The van der Waals surface area contributed by atoms with Gasteiger partial charge < -0.3 is 23.9 Å². The van der Waals surface area contributed by atoms with Gasteiger partial charge in [0.15, 0.2) is 5.76 Å². The Balaban J connectivity index is 1.58. The Kier molecular flexibility index (Phi) is 7.11. The van der Waals surface area contributed by atoms with Crippen LogP contribution in [0.5, 0.6) is 11.5 Å². The first kappa shape index (κ1) is 23.6. The molecule has 0 atom stereocenters. The highest BCUT2D eigenvalue weighted by Gasteiger charge is 2.19. The molecule has 4 rings (SSSR count). The number of oxazole rings is 1. The monoisotopic (exact) mass is 472 g/mol. The van der Waals surface area contributed by atoms with Crippen molar-refractivity contribution in [2.45, 2.75) is 6.92 Å². The summed E-state index contributed by atoms with van der Waals surface area (Å²) in [5.41, 5.74) is 2.57. The number of amides is 1. The van der Waals surface area contributed by atoms with Crippen molar-refractivity contribution in [3.8, 4) is 34.3 Å². The number of rotatable bonds is 8. The topological polar surface area (TPSA) is 99.9 Å². The lowest BCUT2D eigenvalue weighted by Gasteiger charge is -2.09. The van der Waals surface area contributed by atoms with E-state index < -0.39 is 5.97 Å². The van der Waals surface area contributed by atoms with Crippen molar-refractivity contribution >= 4 is 17.6 Å². The van der Waals surface area contributed by atoms with Crippen LogP contribution in [0, 0.1) is 0 Å². The van der Waals surface area contributed by atoms with Crippen LogP contribution < -0.4 is 14.8 Å². The normalized spacial score (nSPS) is 10.5. The number of hydrogen-bond acceptors (Lipinski definition) is 7. The van der Waals surface area contributed by atoms with E-state index in [2.05, 4.69) is 10.3 Å². The molecule has 3 aromatic carbocycles. The Hall–Kier alpha value is -4.59. The number of nitrogens with one attached hydrogen (secondary N) is 1. The van der Waals surface area contributed by atoms with Gasteiger partial charge in [-0.15, -0.1) is 0 Å². The molecule has 1 N–H and O–H groups in total. The minimum atomic E-state index is -0.413. The Bertz CT molecular complexity index is 1340. The van der Waals surface area contributed by atoms with Gasteiger partial charge in [-0.1, -0.05) is 12.1 Å². The van der Waals surface area contributed by atoms with Crippen LogP contribution in [0.4, 0.5) is 5.69 Å². The third kappa shape index (κ3) is 5.16. The molecular formula is C27H24N2O6. The first-order valence-electron chi connectivity index (χ1n) is 10.9. The number of esters is 1. The number of nitrogens with zero attached hydrogens (tertiary/aromatic N) is 1. The SMILES string of the molecule is CCOC(=O)c1ccc(NC(=O)c2ccccc2-c2ncc(-c3ccc(OC)cc3OC)o2)cc1. The zero-order valence-corrected chi connectivity index (χ0v) is 19.5. The van der Waals surface area contributed by atoms with Crippen LogP contribution in [0.2, 0.25) is 0 Å². The molecule has 1 heterocycles. The Morgan fingerprint density at radius 1 is 0.943 bits per heavy atom. The van der Waals surface area contributed by atoms with Gasteiger partial charge in [0, 0.05) is 17.3 Å². The molecule has 4 aromatic rings. The van der Waals surface area contributed by atoms with E-state index >= 15 is 0 Å². The van der Waals surface area contributed by atoms with Gasteiger partial charge in [-0.25, -0.2) is 9.78 Å². The fourth-order valence-electron chi connectivity index (χ4n) is 3.50. The van der Waals surface area contributed by atoms with Crippen molar-refractivity contribution in [3.63, 3.8) is 0 Å². The Morgan fingerprint density at radius 3 is 2.43 bits per heavy atom. The zero-order valence-electron chi connectivity index (χ0n) is 19.5. The van der Waals surface area contributed by atoms with Gasteiger partial charge in [0.2, 0.25) is 5.89 Å². The molecule has 0 aliphatic heterocycles. The average Bonchev–Trinajstić information content (AvgIpc) is 3.38. The number of methoxy groups -OCH3 is 2. The maximum atomic E-state index is 13.1. The minimum Gasteiger partial charge on any atom is -0.497 e. The molecule has 0 aliphatic carbocycles. The van der Waals surface area contributed by atoms with E-state index in [1.165, 1.54) is 0 Å². The molecule has 0 saturated carbocycles. The van der Waals surface area contributed by atoms with Crippen molar-refractivity contribution in [1.29, 1.82) is 0 Å². The summed E-state index contributed by atoms with van der Waals surface area (Å²) in [5.74, 6) is 1.26. The van der Waals surface area contributed by atoms with Gasteiger partial charge in [0.25, 0.3) is 5.91 Å². The molecule has 35 heavy (non-hydrogen) atoms. The molecule has 0 saturated heterocycles. The molecule has 0 spiro atoms. The first-order chi connectivity index (χ1) is 17.0. The fraction of sp³-hybridized carbons (Fsp3) is 0.148. The largest absolute Gasteiger partial charge is 0.497 e. The Morgan fingerprint density at radius 2 is 1.71 bits per heavy atom. The summed E-state index contributed by atoms with van der Waals surface area (Å²) >= 11 is 0. The van der Waals surface area contributed by atoms with Gasteiger partial charge >= 0.3 is 5.97 Å². The quantitative estimate of drug-likeness (QED) is 0.340. The van der Waals surface area contributed by atoms with Crippen molar-refractivity contribution in [1.82, 2.24) is 4.98 Å². The fourth-order valence-corrected chi connectivity index (χ4v) is 3.50. The highest BCUT2D eigenvalue weighted by molar-refractivity contribution is 6.08. The minimum absolute atomic E-state index is 0.293. The number of carbonyl (C=O) groups excluding carboxylic acids is 2. The number of hydrogen-bond donors (Lipinski definition) is 1. The first-order valence-corrected chi connectivity index (χ1v) is 10.9. The second kappa shape index (κ2) is 10.6. The van der Waals surface area contributed by atoms with Crippen LogP contribution in [-0.2, 0) is 4.74 Å². The lowest BCUT2D eigenvalue weighted by atomic mass is 10.1. The second-order valence-electron chi connectivity index (χ2n) is 7.39. The number of carbonyl (C=O) groups is 2. The molecule has 0 aliphatic rings. The number of benzene rings is 3. The molecule has 0 bridgehead atoms. The summed E-state index contributed by atoms with van der Waals surface area (Å²) in [6.45, 7) is 2.04. The van der Waals surface area contributed by atoms with E-state index in [0.29, 0.717) is 57.7 Å². The maximum absolute atomic E-state index is 13.1. The average molecular weight is 472 g/mol. The van der Waals surface area contributed by atoms with Gasteiger partial charge in [-0.05, 0) is 55.5 Å². The van der Waals surface area contributed by atoms with Crippen molar-refractivity contribution in [2.75, 3.05) is 26.1 Å². The molecule has 0 unspecified atom stereocenters. The van der Waals surface area contributed by atoms with Crippen LogP contribution in [-0.4, -0.2) is 37.7 Å². The molecule has 8 nitrogen and oxygen atoms in total. The molecule has 0 fully saturated rings. The standard InChI is InChI=1S/C27H24N2O6/c1-4-34-27(31)17-9-11-18(12-10-17)29-25(30)20-7-5-6-8-21(20)26-28-16-24(35-26)22-14-13-19(32-2)15-23(22)33-3/h5-16H,4H2,1-3H3,(H,29,30). The summed E-state index contributed by atoms with van der Waals surface area (Å²) in [5, 5.41) is 2.84. The predicted octanol–water partition coefficient (Wildman–Crippen LogP) is 5.45. The van der Waals surface area contributed by atoms with Gasteiger partial charge in [0.05, 0.1) is 43.7 Å². The predicted molar refractivity (Wildman–Crippen MR) is 131 cm³/mol. The Labute approximate surface area is 202 Å². The zero-order chi connectivity index (χ0) is 24.8. The molecule has 178 valence electrons. The van der Waals surface area contributed by atoms with E-state index in [4.69, 9.17) is 18.6 Å². The lowest BCUT2D eigenvalue weighted by Crippen LogP contribution is -2.13.